The third-order valence-electron chi connectivity index (χ3n) is 3.51. The summed E-state index contributed by atoms with van der Waals surface area (Å²) in [6, 6.07) is 0. The molecule has 0 aromatic heterocycles. The minimum atomic E-state index is 0.503. The lowest BCUT2D eigenvalue weighted by atomic mass is 9.70. The quantitative estimate of drug-likeness (QED) is 0.719. The second-order valence-electron chi connectivity index (χ2n) is 4.93. The van der Waals surface area contributed by atoms with Crippen LogP contribution in [0.3, 0.4) is 0 Å². The van der Waals surface area contributed by atoms with Crippen LogP contribution in [0, 0.1) is 5.41 Å². The van der Waals surface area contributed by atoms with E-state index < -0.39 is 0 Å². The average molecular weight is 183 g/mol. The zero-order valence-corrected chi connectivity index (χ0v) is 8.64. The van der Waals surface area contributed by atoms with Crippen molar-refractivity contribution in [3.05, 3.63) is 0 Å². The fourth-order valence-corrected chi connectivity index (χ4v) is 2.30. The molecular formula is C11H21NO. The molecule has 0 amide bonds. The molecule has 2 nitrogen and oxygen atoms in total. The van der Waals surface area contributed by atoms with Crippen LogP contribution in [0.25, 0.3) is 0 Å². The summed E-state index contributed by atoms with van der Waals surface area (Å²) >= 11 is 0. The Labute approximate surface area is 81.0 Å². The molecule has 0 spiro atoms. The predicted molar refractivity (Wildman–Crippen MR) is 53.8 cm³/mol. The molecule has 0 bridgehead atoms. The Balaban J connectivity index is 1.57. The van der Waals surface area contributed by atoms with Gasteiger partial charge in [-0.25, -0.2) is 0 Å². The molecule has 0 aromatic rings. The summed E-state index contributed by atoms with van der Waals surface area (Å²) in [5, 5.41) is 3.54. The summed E-state index contributed by atoms with van der Waals surface area (Å²) in [5.74, 6) is 0. The van der Waals surface area contributed by atoms with Crippen LogP contribution < -0.4 is 5.32 Å². The van der Waals surface area contributed by atoms with Crippen LogP contribution in [0.2, 0.25) is 0 Å². The number of hydrogen-bond donors (Lipinski definition) is 1. The molecule has 76 valence electrons. The van der Waals surface area contributed by atoms with Gasteiger partial charge in [0, 0.05) is 19.7 Å². The number of nitrogens with one attached hydrogen (secondary N) is 1. The lowest BCUT2D eigenvalue weighted by molar-refractivity contribution is 0.0982. The fraction of sp³-hybridized carbons (Fsp3) is 1.00. The number of ether oxygens (including phenoxy) is 1. The van der Waals surface area contributed by atoms with Crippen molar-refractivity contribution < 1.29 is 4.74 Å². The summed E-state index contributed by atoms with van der Waals surface area (Å²) in [4.78, 5) is 0. The van der Waals surface area contributed by atoms with Crippen LogP contribution in [-0.2, 0) is 4.74 Å². The molecular weight excluding hydrogens is 162 g/mol. The van der Waals surface area contributed by atoms with Gasteiger partial charge in [0.1, 0.15) is 0 Å². The van der Waals surface area contributed by atoms with Gasteiger partial charge in [-0.15, -0.1) is 0 Å². The SMILES string of the molecule is CC1(CNCC2CCCO2)CCC1. The van der Waals surface area contributed by atoms with Crippen molar-refractivity contribution in [2.24, 2.45) is 5.41 Å². The zero-order chi connectivity index (χ0) is 9.15. The van der Waals surface area contributed by atoms with E-state index in [0.717, 1.165) is 13.2 Å². The second kappa shape index (κ2) is 3.97. The normalized spacial score (nSPS) is 31.6. The van der Waals surface area contributed by atoms with E-state index in [1.807, 2.05) is 0 Å². The van der Waals surface area contributed by atoms with E-state index in [1.165, 1.54) is 38.6 Å². The molecule has 1 heterocycles. The van der Waals surface area contributed by atoms with Crippen LogP contribution in [0.15, 0.2) is 0 Å². The Bertz CT molecular complexity index is 159. The van der Waals surface area contributed by atoms with E-state index in [4.69, 9.17) is 4.74 Å². The molecule has 1 N–H and O–H groups in total. The molecule has 1 atom stereocenters. The topological polar surface area (TPSA) is 21.3 Å². The van der Waals surface area contributed by atoms with Crippen molar-refractivity contribution in [1.82, 2.24) is 5.32 Å². The van der Waals surface area contributed by atoms with Crippen LogP contribution in [0.1, 0.15) is 39.0 Å². The highest BCUT2D eigenvalue weighted by Gasteiger charge is 2.31. The molecule has 13 heavy (non-hydrogen) atoms. The zero-order valence-electron chi connectivity index (χ0n) is 8.64. The molecule has 1 aliphatic heterocycles. The standard InChI is InChI=1S/C11H21NO/c1-11(5-3-6-11)9-12-8-10-4-2-7-13-10/h10,12H,2-9H2,1H3. The Morgan fingerprint density at radius 3 is 2.77 bits per heavy atom. The molecule has 1 saturated carbocycles. The maximum atomic E-state index is 5.56. The van der Waals surface area contributed by atoms with Crippen molar-refractivity contribution in [3.8, 4) is 0 Å². The van der Waals surface area contributed by atoms with E-state index in [2.05, 4.69) is 12.2 Å². The van der Waals surface area contributed by atoms with Gasteiger partial charge in [-0.05, 0) is 31.1 Å². The van der Waals surface area contributed by atoms with Gasteiger partial charge in [0.2, 0.25) is 0 Å². The molecule has 0 aromatic carbocycles. The van der Waals surface area contributed by atoms with Gasteiger partial charge in [-0.2, -0.15) is 0 Å². The molecule has 1 aliphatic carbocycles. The van der Waals surface area contributed by atoms with Crippen molar-refractivity contribution in [2.75, 3.05) is 19.7 Å². The number of rotatable bonds is 4. The van der Waals surface area contributed by atoms with E-state index in [9.17, 15) is 0 Å². The Hall–Kier alpha value is -0.0800. The Morgan fingerprint density at radius 2 is 2.23 bits per heavy atom. The molecule has 2 heteroatoms. The molecule has 2 fully saturated rings. The van der Waals surface area contributed by atoms with E-state index >= 15 is 0 Å². The Kier molecular flexibility index (Phi) is 2.89. The Morgan fingerprint density at radius 1 is 1.38 bits per heavy atom. The summed E-state index contributed by atoms with van der Waals surface area (Å²) < 4.78 is 5.56. The molecule has 2 rings (SSSR count). The lowest BCUT2D eigenvalue weighted by Gasteiger charge is -2.38. The molecule has 1 unspecified atom stereocenters. The molecule has 2 aliphatic rings. The van der Waals surface area contributed by atoms with Gasteiger partial charge in [-0.1, -0.05) is 13.3 Å². The predicted octanol–water partition coefficient (Wildman–Crippen LogP) is 1.95. The fourth-order valence-electron chi connectivity index (χ4n) is 2.30. The third-order valence-corrected chi connectivity index (χ3v) is 3.51. The average Bonchev–Trinajstić information content (AvgIpc) is 2.54. The minimum Gasteiger partial charge on any atom is -0.377 e. The summed E-state index contributed by atoms with van der Waals surface area (Å²) in [6.45, 7) is 5.62. The minimum absolute atomic E-state index is 0.503. The van der Waals surface area contributed by atoms with Gasteiger partial charge >= 0.3 is 0 Å². The van der Waals surface area contributed by atoms with E-state index in [0.29, 0.717) is 11.5 Å². The van der Waals surface area contributed by atoms with E-state index in [-0.39, 0.29) is 0 Å². The largest absolute Gasteiger partial charge is 0.377 e. The van der Waals surface area contributed by atoms with E-state index in [1.54, 1.807) is 0 Å². The van der Waals surface area contributed by atoms with Crippen molar-refractivity contribution in [1.29, 1.82) is 0 Å². The smallest absolute Gasteiger partial charge is 0.0700 e. The van der Waals surface area contributed by atoms with Gasteiger partial charge in [0.15, 0.2) is 0 Å². The van der Waals surface area contributed by atoms with Crippen molar-refractivity contribution in [2.45, 2.75) is 45.1 Å². The van der Waals surface area contributed by atoms with Gasteiger partial charge in [0.25, 0.3) is 0 Å². The van der Waals surface area contributed by atoms with Gasteiger partial charge in [0.05, 0.1) is 6.10 Å². The monoisotopic (exact) mass is 183 g/mol. The summed E-state index contributed by atoms with van der Waals surface area (Å²) in [6.07, 6.45) is 7.26. The molecule has 0 radical (unpaired) electrons. The van der Waals surface area contributed by atoms with Gasteiger partial charge < -0.3 is 10.1 Å². The first-order valence-electron chi connectivity index (χ1n) is 5.61. The first-order valence-corrected chi connectivity index (χ1v) is 5.61. The maximum Gasteiger partial charge on any atom is 0.0700 e. The first-order chi connectivity index (χ1) is 6.29. The highest BCUT2D eigenvalue weighted by molar-refractivity contribution is 4.85. The lowest BCUT2D eigenvalue weighted by Crippen LogP contribution is -2.40. The maximum absolute atomic E-state index is 5.56. The van der Waals surface area contributed by atoms with Gasteiger partial charge in [-0.3, -0.25) is 0 Å². The number of hydrogen-bond acceptors (Lipinski definition) is 2. The highest BCUT2D eigenvalue weighted by Crippen LogP contribution is 2.39. The summed E-state index contributed by atoms with van der Waals surface area (Å²) in [7, 11) is 0. The highest BCUT2D eigenvalue weighted by atomic mass is 16.5. The van der Waals surface area contributed by atoms with Crippen LogP contribution >= 0.6 is 0 Å². The van der Waals surface area contributed by atoms with Crippen LogP contribution in [0.5, 0.6) is 0 Å². The van der Waals surface area contributed by atoms with Crippen molar-refractivity contribution in [3.63, 3.8) is 0 Å². The van der Waals surface area contributed by atoms with Crippen molar-refractivity contribution >= 4 is 0 Å². The summed E-state index contributed by atoms with van der Waals surface area (Å²) in [5.41, 5.74) is 0.610. The van der Waals surface area contributed by atoms with Crippen LogP contribution in [-0.4, -0.2) is 25.8 Å². The molecule has 1 saturated heterocycles. The first kappa shape index (κ1) is 9.47. The van der Waals surface area contributed by atoms with Crippen LogP contribution in [0.4, 0.5) is 0 Å². The second-order valence-corrected chi connectivity index (χ2v) is 4.93. The third kappa shape index (κ3) is 2.44.